The standard InChI is InChI=1S/C15H25N3O3/c1-17(2)15(20)10-18(3)9-13(19)11-21-14-6-4-5-12(7-14)8-16/h4-7,13,19H,8-11,16H2,1-3H3. The number of likely N-dealkylation sites (N-methyl/N-ethyl adjacent to an activating group) is 2. The Morgan fingerprint density at radius 1 is 1.38 bits per heavy atom. The van der Waals surface area contributed by atoms with Gasteiger partial charge in [0.2, 0.25) is 5.91 Å². The predicted octanol–water partition coefficient (Wildman–Crippen LogP) is -0.0950. The fourth-order valence-electron chi connectivity index (χ4n) is 1.80. The molecule has 3 N–H and O–H groups in total. The lowest BCUT2D eigenvalue weighted by Gasteiger charge is -2.22. The molecular weight excluding hydrogens is 270 g/mol. The number of hydrogen-bond acceptors (Lipinski definition) is 5. The van der Waals surface area contributed by atoms with Crippen LogP contribution in [0.25, 0.3) is 0 Å². The number of ether oxygens (including phenoxy) is 1. The summed E-state index contributed by atoms with van der Waals surface area (Å²) in [4.78, 5) is 14.8. The maximum absolute atomic E-state index is 11.5. The summed E-state index contributed by atoms with van der Waals surface area (Å²) in [5.41, 5.74) is 6.55. The number of amides is 1. The van der Waals surface area contributed by atoms with E-state index in [0.717, 1.165) is 5.56 Å². The van der Waals surface area contributed by atoms with Crippen molar-refractivity contribution in [2.45, 2.75) is 12.6 Å². The summed E-state index contributed by atoms with van der Waals surface area (Å²) in [6.45, 7) is 1.27. The Balaban J connectivity index is 2.36. The molecule has 0 aliphatic heterocycles. The van der Waals surface area contributed by atoms with E-state index < -0.39 is 6.10 Å². The normalized spacial score (nSPS) is 12.3. The number of nitrogens with zero attached hydrogens (tertiary/aromatic N) is 2. The molecule has 1 aromatic carbocycles. The average Bonchev–Trinajstić information content (AvgIpc) is 2.45. The molecule has 1 unspecified atom stereocenters. The highest BCUT2D eigenvalue weighted by atomic mass is 16.5. The molecule has 0 heterocycles. The lowest BCUT2D eigenvalue weighted by Crippen LogP contribution is -2.39. The molecule has 21 heavy (non-hydrogen) atoms. The first kappa shape index (κ1) is 17.4. The molecule has 118 valence electrons. The van der Waals surface area contributed by atoms with Crippen LogP contribution in [0.2, 0.25) is 0 Å². The van der Waals surface area contributed by atoms with Crippen LogP contribution >= 0.6 is 0 Å². The van der Waals surface area contributed by atoms with Crippen molar-refractivity contribution in [1.29, 1.82) is 0 Å². The first-order valence-electron chi connectivity index (χ1n) is 6.91. The first-order chi connectivity index (χ1) is 9.92. The fraction of sp³-hybridized carbons (Fsp3) is 0.533. The van der Waals surface area contributed by atoms with Gasteiger partial charge in [-0.2, -0.15) is 0 Å². The third-order valence-electron chi connectivity index (χ3n) is 3.00. The monoisotopic (exact) mass is 295 g/mol. The van der Waals surface area contributed by atoms with E-state index in [1.54, 1.807) is 26.0 Å². The lowest BCUT2D eigenvalue weighted by atomic mass is 10.2. The van der Waals surface area contributed by atoms with Crippen molar-refractivity contribution in [3.05, 3.63) is 29.8 Å². The van der Waals surface area contributed by atoms with Gasteiger partial charge in [0.05, 0.1) is 6.54 Å². The van der Waals surface area contributed by atoms with Crippen LogP contribution in [0.4, 0.5) is 0 Å². The summed E-state index contributed by atoms with van der Waals surface area (Å²) >= 11 is 0. The smallest absolute Gasteiger partial charge is 0.236 e. The van der Waals surface area contributed by atoms with Crippen LogP contribution < -0.4 is 10.5 Å². The third-order valence-corrected chi connectivity index (χ3v) is 3.00. The number of nitrogens with two attached hydrogens (primary N) is 1. The Morgan fingerprint density at radius 3 is 2.71 bits per heavy atom. The SMILES string of the molecule is CN(CC(=O)N(C)C)CC(O)COc1cccc(CN)c1. The molecule has 0 aromatic heterocycles. The number of carbonyl (C=O) groups excluding carboxylic acids is 1. The zero-order valence-electron chi connectivity index (χ0n) is 13.0. The van der Waals surface area contributed by atoms with Gasteiger partial charge in [0.15, 0.2) is 0 Å². The van der Waals surface area contributed by atoms with Crippen molar-refractivity contribution in [2.24, 2.45) is 5.73 Å². The van der Waals surface area contributed by atoms with Crippen molar-refractivity contribution in [1.82, 2.24) is 9.80 Å². The molecule has 0 bridgehead atoms. The average molecular weight is 295 g/mol. The van der Waals surface area contributed by atoms with Crippen LogP contribution in [-0.2, 0) is 11.3 Å². The Hall–Kier alpha value is -1.63. The van der Waals surface area contributed by atoms with E-state index in [1.165, 1.54) is 4.90 Å². The van der Waals surface area contributed by atoms with E-state index in [0.29, 0.717) is 18.8 Å². The zero-order chi connectivity index (χ0) is 15.8. The van der Waals surface area contributed by atoms with Gasteiger partial charge in [-0.25, -0.2) is 0 Å². The predicted molar refractivity (Wildman–Crippen MR) is 82.0 cm³/mol. The molecule has 1 amide bonds. The van der Waals surface area contributed by atoms with Crippen LogP contribution in [-0.4, -0.2) is 67.8 Å². The van der Waals surface area contributed by atoms with Gasteiger partial charge in [0.1, 0.15) is 18.5 Å². The summed E-state index contributed by atoms with van der Waals surface area (Å²) in [7, 11) is 5.21. The highest BCUT2D eigenvalue weighted by molar-refractivity contribution is 5.77. The highest BCUT2D eigenvalue weighted by Gasteiger charge is 2.13. The Labute approximate surface area is 126 Å². The number of rotatable bonds is 8. The molecule has 1 atom stereocenters. The summed E-state index contributed by atoms with van der Waals surface area (Å²) < 4.78 is 5.54. The Kier molecular flexibility index (Phi) is 7.14. The number of aliphatic hydroxyl groups is 1. The minimum Gasteiger partial charge on any atom is -0.491 e. The van der Waals surface area contributed by atoms with Crippen LogP contribution in [0.15, 0.2) is 24.3 Å². The van der Waals surface area contributed by atoms with Gasteiger partial charge in [-0.3, -0.25) is 9.69 Å². The maximum atomic E-state index is 11.5. The quantitative estimate of drug-likeness (QED) is 0.700. The first-order valence-corrected chi connectivity index (χ1v) is 6.91. The van der Waals surface area contributed by atoms with Gasteiger partial charge < -0.3 is 20.5 Å². The van der Waals surface area contributed by atoms with E-state index in [4.69, 9.17) is 10.5 Å². The largest absolute Gasteiger partial charge is 0.491 e. The molecular formula is C15H25N3O3. The summed E-state index contributed by atoms with van der Waals surface area (Å²) in [5, 5.41) is 9.94. The molecule has 1 aromatic rings. The fourth-order valence-corrected chi connectivity index (χ4v) is 1.80. The molecule has 6 heteroatoms. The summed E-state index contributed by atoms with van der Waals surface area (Å²) in [6.07, 6.45) is -0.661. The molecule has 6 nitrogen and oxygen atoms in total. The molecule has 0 radical (unpaired) electrons. The van der Waals surface area contributed by atoms with Crippen molar-refractivity contribution in [3.63, 3.8) is 0 Å². The second-order valence-electron chi connectivity index (χ2n) is 5.30. The maximum Gasteiger partial charge on any atom is 0.236 e. The molecule has 0 saturated heterocycles. The van der Waals surface area contributed by atoms with E-state index in [-0.39, 0.29) is 19.1 Å². The topological polar surface area (TPSA) is 79.0 Å². The van der Waals surface area contributed by atoms with Gasteiger partial charge >= 0.3 is 0 Å². The summed E-state index contributed by atoms with van der Waals surface area (Å²) in [5.74, 6) is 0.685. The van der Waals surface area contributed by atoms with Crippen molar-refractivity contribution in [2.75, 3.05) is 40.8 Å². The van der Waals surface area contributed by atoms with E-state index in [1.807, 2.05) is 24.3 Å². The lowest BCUT2D eigenvalue weighted by molar-refractivity contribution is -0.129. The van der Waals surface area contributed by atoms with Gasteiger partial charge in [0, 0.05) is 27.2 Å². The number of hydrogen-bond donors (Lipinski definition) is 2. The second-order valence-corrected chi connectivity index (χ2v) is 5.30. The van der Waals surface area contributed by atoms with Crippen molar-refractivity contribution >= 4 is 5.91 Å². The van der Waals surface area contributed by atoms with Crippen LogP contribution in [0.5, 0.6) is 5.75 Å². The molecule has 0 aliphatic rings. The highest BCUT2D eigenvalue weighted by Crippen LogP contribution is 2.13. The van der Waals surface area contributed by atoms with E-state index in [9.17, 15) is 9.90 Å². The Bertz CT molecular complexity index is 452. The van der Waals surface area contributed by atoms with Crippen LogP contribution in [0.1, 0.15) is 5.56 Å². The van der Waals surface area contributed by atoms with Crippen molar-refractivity contribution < 1.29 is 14.6 Å². The van der Waals surface area contributed by atoms with Gasteiger partial charge in [-0.15, -0.1) is 0 Å². The molecule has 0 fully saturated rings. The minimum absolute atomic E-state index is 0.00117. The Morgan fingerprint density at radius 2 is 2.10 bits per heavy atom. The van der Waals surface area contributed by atoms with Gasteiger partial charge in [-0.05, 0) is 24.7 Å². The molecule has 1 rings (SSSR count). The van der Waals surface area contributed by atoms with E-state index in [2.05, 4.69) is 0 Å². The number of carbonyl (C=O) groups is 1. The minimum atomic E-state index is -0.661. The van der Waals surface area contributed by atoms with Crippen LogP contribution in [0, 0.1) is 0 Å². The van der Waals surface area contributed by atoms with Gasteiger partial charge in [0.25, 0.3) is 0 Å². The van der Waals surface area contributed by atoms with Gasteiger partial charge in [-0.1, -0.05) is 12.1 Å². The third kappa shape index (κ3) is 6.57. The molecule has 0 spiro atoms. The second kappa shape index (κ2) is 8.61. The molecule has 0 aliphatic carbocycles. The summed E-state index contributed by atoms with van der Waals surface area (Å²) in [6, 6.07) is 7.47. The zero-order valence-corrected chi connectivity index (χ0v) is 13.0. The van der Waals surface area contributed by atoms with Crippen molar-refractivity contribution in [3.8, 4) is 5.75 Å². The number of benzene rings is 1. The van der Waals surface area contributed by atoms with E-state index >= 15 is 0 Å². The van der Waals surface area contributed by atoms with Crippen LogP contribution in [0.3, 0.4) is 0 Å². The molecule has 0 saturated carbocycles. The number of aliphatic hydroxyl groups excluding tert-OH is 1.